The maximum atomic E-state index is 10.4. The minimum Gasteiger partial charge on any atom is -0.506 e. The van der Waals surface area contributed by atoms with Gasteiger partial charge in [-0.15, -0.1) is 11.8 Å². The number of rotatable bonds is 3. The molecule has 0 fully saturated rings. The maximum Gasteiger partial charge on any atom is 0.179 e. The summed E-state index contributed by atoms with van der Waals surface area (Å²) in [5.41, 5.74) is 2.81. The molecule has 1 atom stereocenters. The number of benzene rings is 2. The van der Waals surface area contributed by atoms with Crippen LogP contribution in [-0.2, 0) is 0 Å². The Morgan fingerprint density at radius 3 is 2.39 bits per heavy atom. The number of fused-ring (bicyclic) bond motifs is 1. The first kappa shape index (κ1) is 15.9. The van der Waals surface area contributed by atoms with Gasteiger partial charge in [0.25, 0.3) is 0 Å². The van der Waals surface area contributed by atoms with Crippen molar-refractivity contribution < 1.29 is 19.3 Å². The highest BCUT2D eigenvalue weighted by Gasteiger charge is 2.30. The molecule has 1 aliphatic heterocycles. The summed E-state index contributed by atoms with van der Waals surface area (Å²) < 4.78 is 16.9. The third-order valence-corrected chi connectivity index (χ3v) is 5.35. The molecule has 0 radical (unpaired) electrons. The van der Waals surface area contributed by atoms with Gasteiger partial charge in [-0.05, 0) is 37.1 Å². The molecular weight excluding hydrogens is 312 g/mol. The van der Waals surface area contributed by atoms with Crippen LogP contribution in [0.1, 0.15) is 22.8 Å². The predicted molar refractivity (Wildman–Crippen MR) is 91.2 cm³/mol. The quantitative estimate of drug-likeness (QED) is 0.910. The second-order valence-electron chi connectivity index (χ2n) is 5.48. The fraction of sp³-hybridized carbons (Fsp3) is 0.333. The molecule has 0 saturated carbocycles. The number of methoxy groups -OCH3 is 2. The Balaban J connectivity index is 1.99. The molecule has 0 saturated heterocycles. The van der Waals surface area contributed by atoms with E-state index in [9.17, 15) is 5.11 Å². The van der Waals surface area contributed by atoms with Gasteiger partial charge in [0.05, 0.1) is 19.1 Å². The van der Waals surface area contributed by atoms with E-state index >= 15 is 0 Å². The minimum atomic E-state index is -0.0891. The molecule has 23 heavy (non-hydrogen) atoms. The number of phenolic OH excluding ortho intramolecular Hbond substituents is 1. The molecule has 0 aromatic heterocycles. The van der Waals surface area contributed by atoms with E-state index in [1.807, 2.05) is 38.1 Å². The molecule has 3 rings (SSSR count). The second-order valence-corrected chi connectivity index (χ2v) is 6.51. The standard InChI is InChI=1S/C18H20O4S/c1-10-11(2)16(21-4)17-18(15(10)19)23-9-14(22-17)12-5-7-13(20-3)8-6-12/h5-8,14,19H,9H2,1-4H3. The molecule has 1 heterocycles. The van der Waals surface area contributed by atoms with E-state index in [1.165, 1.54) is 0 Å². The molecule has 0 aliphatic carbocycles. The summed E-state index contributed by atoms with van der Waals surface area (Å²) in [7, 11) is 3.28. The van der Waals surface area contributed by atoms with E-state index < -0.39 is 0 Å². The van der Waals surface area contributed by atoms with E-state index in [2.05, 4.69) is 0 Å². The smallest absolute Gasteiger partial charge is 0.179 e. The van der Waals surface area contributed by atoms with Crippen LogP contribution in [0.25, 0.3) is 0 Å². The molecule has 5 heteroatoms. The molecule has 1 unspecified atom stereocenters. The van der Waals surface area contributed by atoms with Crippen molar-refractivity contribution in [3.05, 3.63) is 41.0 Å². The van der Waals surface area contributed by atoms with Crippen LogP contribution in [0, 0.1) is 13.8 Å². The highest BCUT2D eigenvalue weighted by molar-refractivity contribution is 7.99. The Labute approximate surface area is 140 Å². The Morgan fingerprint density at radius 1 is 1.09 bits per heavy atom. The van der Waals surface area contributed by atoms with Crippen LogP contribution in [0.3, 0.4) is 0 Å². The van der Waals surface area contributed by atoms with Crippen molar-refractivity contribution in [1.29, 1.82) is 0 Å². The summed E-state index contributed by atoms with van der Waals surface area (Å²) in [6, 6.07) is 7.85. The fourth-order valence-electron chi connectivity index (χ4n) is 2.70. The van der Waals surface area contributed by atoms with Gasteiger partial charge in [0.15, 0.2) is 11.5 Å². The van der Waals surface area contributed by atoms with Crippen LogP contribution in [-0.4, -0.2) is 25.1 Å². The van der Waals surface area contributed by atoms with Crippen molar-refractivity contribution in [1.82, 2.24) is 0 Å². The molecule has 1 aliphatic rings. The highest BCUT2D eigenvalue weighted by atomic mass is 32.2. The summed E-state index contributed by atoms with van der Waals surface area (Å²) in [6.45, 7) is 3.82. The van der Waals surface area contributed by atoms with Gasteiger partial charge >= 0.3 is 0 Å². The first-order valence-corrected chi connectivity index (χ1v) is 8.38. The Bertz CT molecular complexity index is 702. The number of hydrogen-bond donors (Lipinski definition) is 1. The highest BCUT2D eigenvalue weighted by Crippen LogP contribution is 2.53. The zero-order valence-corrected chi connectivity index (χ0v) is 14.5. The van der Waals surface area contributed by atoms with Gasteiger partial charge in [0, 0.05) is 11.3 Å². The number of aromatic hydroxyl groups is 1. The molecule has 1 N–H and O–H groups in total. The Morgan fingerprint density at radius 2 is 1.78 bits per heavy atom. The van der Waals surface area contributed by atoms with Crippen molar-refractivity contribution in [3.8, 4) is 23.0 Å². The van der Waals surface area contributed by atoms with Crippen LogP contribution in [0.4, 0.5) is 0 Å². The third-order valence-electron chi connectivity index (χ3n) is 4.22. The zero-order valence-electron chi connectivity index (χ0n) is 13.7. The van der Waals surface area contributed by atoms with Crippen LogP contribution in [0.15, 0.2) is 29.2 Å². The van der Waals surface area contributed by atoms with Crippen molar-refractivity contribution in [3.63, 3.8) is 0 Å². The maximum absolute atomic E-state index is 10.4. The van der Waals surface area contributed by atoms with E-state index in [-0.39, 0.29) is 11.9 Å². The van der Waals surface area contributed by atoms with E-state index in [4.69, 9.17) is 14.2 Å². The van der Waals surface area contributed by atoms with Gasteiger partial charge < -0.3 is 19.3 Å². The Kier molecular flexibility index (Phi) is 4.31. The van der Waals surface area contributed by atoms with Crippen LogP contribution < -0.4 is 14.2 Å². The molecule has 0 spiro atoms. The third kappa shape index (κ3) is 2.70. The average Bonchev–Trinajstić information content (AvgIpc) is 2.60. The topological polar surface area (TPSA) is 47.9 Å². The lowest BCUT2D eigenvalue weighted by molar-refractivity contribution is 0.206. The van der Waals surface area contributed by atoms with Gasteiger partial charge in [-0.3, -0.25) is 0 Å². The number of hydrogen-bond acceptors (Lipinski definition) is 5. The first-order valence-electron chi connectivity index (χ1n) is 7.40. The number of phenols is 1. The van der Waals surface area contributed by atoms with Gasteiger partial charge in [0.1, 0.15) is 17.6 Å². The van der Waals surface area contributed by atoms with Gasteiger partial charge in [-0.2, -0.15) is 0 Å². The lowest BCUT2D eigenvalue weighted by Crippen LogP contribution is -2.16. The fourth-order valence-corrected chi connectivity index (χ4v) is 3.84. The molecule has 2 aromatic carbocycles. The molecule has 2 aromatic rings. The zero-order chi connectivity index (χ0) is 16.6. The summed E-state index contributed by atoms with van der Waals surface area (Å²) in [4.78, 5) is 0.759. The average molecular weight is 332 g/mol. The largest absolute Gasteiger partial charge is 0.506 e. The number of ether oxygens (including phenoxy) is 3. The van der Waals surface area contributed by atoms with Crippen molar-refractivity contribution in [2.75, 3.05) is 20.0 Å². The molecule has 0 bridgehead atoms. The Hall–Kier alpha value is -2.01. The van der Waals surface area contributed by atoms with Crippen molar-refractivity contribution in [2.45, 2.75) is 24.8 Å². The second kappa shape index (κ2) is 6.24. The van der Waals surface area contributed by atoms with E-state index in [0.29, 0.717) is 11.5 Å². The molecule has 4 nitrogen and oxygen atoms in total. The van der Waals surface area contributed by atoms with E-state index in [0.717, 1.165) is 33.1 Å². The first-order chi connectivity index (χ1) is 11.1. The van der Waals surface area contributed by atoms with Gasteiger partial charge in [-0.1, -0.05) is 12.1 Å². The minimum absolute atomic E-state index is 0.0891. The predicted octanol–water partition coefficient (Wildman–Crippen LogP) is 4.25. The normalized spacial score (nSPS) is 16.4. The molecule has 122 valence electrons. The lowest BCUT2D eigenvalue weighted by atomic mass is 10.1. The van der Waals surface area contributed by atoms with Gasteiger partial charge in [0.2, 0.25) is 0 Å². The van der Waals surface area contributed by atoms with Crippen molar-refractivity contribution >= 4 is 11.8 Å². The summed E-state index contributed by atoms with van der Waals surface area (Å²) >= 11 is 1.59. The van der Waals surface area contributed by atoms with Gasteiger partial charge in [-0.25, -0.2) is 0 Å². The molecular formula is C18H20O4S. The number of thioether (sulfide) groups is 1. The summed E-state index contributed by atoms with van der Waals surface area (Å²) in [5, 5.41) is 10.4. The van der Waals surface area contributed by atoms with Crippen molar-refractivity contribution in [2.24, 2.45) is 0 Å². The molecule has 0 amide bonds. The monoisotopic (exact) mass is 332 g/mol. The SMILES string of the molecule is COc1ccc(C2CSc3c(O)c(C)c(C)c(OC)c3O2)cc1. The summed E-state index contributed by atoms with van der Waals surface area (Å²) in [6.07, 6.45) is -0.0891. The lowest BCUT2D eigenvalue weighted by Gasteiger charge is -2.29. The van der Waals surface area contributed by atoms with E-state index in [1.54, 1.807) is 26.0 Å². The van der Waals surface area contributed by atoms with Crippen LogP contribution in [0.5, 0.6) is 23.0 Å². The van der Waals surface area contributed by atoms with Crippen LogP contribution in [0.2, 0.25) is 0 Å². The van der Waals surface area contributed by atoms with Crippen LogP contribution >= 0.6 is 11.8 Å². The summed E-state index contributed by atoms with van der Waals surface area (Å²) in [5.74, 6) is 3.17.